The maximum atomic E-state index is 13.2. The summed E-state index contributed by atoms with van der Waals surface area (Å²) in [7, 11) is 0. The van der Waals surface area contributed by atoms with Crippen LogP contribution >= 0.6 is 0 Å². The van der Waals surface area contributed by atoms with E-state index in [-0.39, 0.29) is 25.9 Å². The Hall–Kier alpha value is -2.54. The van der Waals surface area contributed by atoms with Gasteiger partial charge in [-0.05, 0) is 44.9 Å². The van der Waals surface area contributed by atoms with Gasteiger partial charge in [-0.15, -0.1) is 0 Å². The van der Waals surface area contributed by atoms with Gasteiger partial charge in [-0.1, -0.05) is 290 Å². The van der Waals surface area contributed by atoms with Gasteiger partial charge in [0.05, 0.1) is 6.61 Å². The van der Waals surface area contributed by atoms with Crippen molar-refractivity contribution in [1.82, 2.24) is 0 Å². The predicted molar refractivity (Wildman–Crippen MR) is 322 cm³/mol. The van der Waals surface area contributed by atoms with Crippen LogP contribution in [0.5, 0.6) is 0 Å². The molecule has 1 saturated heterocycles. The van der Waals surface area contributed by atoms with Gasteiger partial charge < -0.3 is 39.0 Å². The van der Waals surface area contributed by atoms with Crippen molar-refractivity contribution in [1.29, 1.82) is 0 Å². The van der Waals surface area contributed by atoms with Crippen molar-refractivity contribution < 1.29 is 58.2 Å². The fraction of sp³-hybridized carbons (Fsp3) is 0.910. The Balaban J connectivity index is 2.63. The molecule has 6 unspecified atom stereocenters. The molecule has 0 aromatic carbocycles. The molecular formula is C67H124O12. The maximum Gasteiger partial charge on any atom is 0.335 e. The summed E-state index contributed by atoms with van der Waals surface area (Å²) in [6.45, 7) is 6.06. The molecule has 79 heavy (non-hydrogen) atoms. The number of esters is 3. The van der Waals surface area contributed by atoms with Crippen molar-refractivity contribution in [2.24, 2.45) is 0 Å². The van der Waals surface area contributed by atoms with Crippen molar-refractivity contribution in [3.8, 4) is 0 Å². The number of aliphatic hydroxyl groups excluding tert-OH is 2. The molecule has 1 aliphatic heterocycles. The number of rotatable bonds is 59. The molecule has 6 atom stereocenters. The van der Waals surface area contributed by atoms with Gasteiger partial charge in [-0.25, -0.2) is 4.79 Å². The van der Waals surface area contributed by atoms with Crippen molar-refractivity contribution in [2.45, 2.75) is 379 Å². The van der Waals surface area contributed by atoms with Gasteiger partial charge >= 0.3 is 23.9 Å². The fourth-order valence-corrected chi connectivity index (χ4v) is 10.7. The lowest BCUT2D eigenvalue weighted by atomic mass is 9.98. The number of aliphatic carboxylic acids is 1. The Bertz CT molecular complexity index is 1420. The first-order valence-corrected chi connectivity index (χ1v) is 33.7. The van der Waals surface area contributed by atoms with Gasteiger partial charge in [-0.2, -0.15) is 0 Å². The molecule has 1 fully saturated rings. The molecule has 0 saturated carbocycles. The lowest BCUT2D eigenvalue weighted by Crippen LogP contribution is -2.61. The van der Waals surface area contributed by atoms with E-state index in [1.165, 1.54) is 218 Å². The fourth-order valence-electron chi connectivity index (χ4n) is 10.7. The van der Waals surface area contributed by atoms with Crippen molar-refractivity contribution in [3.05, 3.63) is 12.2 Å². The van der Waals surface area contributed by atoms with Crippen LogP contribution in [0.3, 0.4) is 0 Å². The summed E-state index contributed by atoms with van der Waals surface area (Å²) in [4.78, 5) is 51.3. The SMILES string of the molecule is CCCCCCCC/C=C\CCCCCCCCCC(=O)OCC(COC1OC(C(=O)O)C(O)C(O)C1OC(=O)CCCCCCCCCCCCCCCCC)OC(=O)CCCCCCCCCCCCCCCCCCC. The van der Waals surface area contributed by atoms with Gasteiger partial charge in [0.15, 0.2) is 24.6 Å². The molecule has 0 radical (unpaired) electrons. The Morgan fingerprint density at radius 1 is 0.405 bits per heavy atom. The van der Waals surface area contributed by atoms with Crippen LogP contribution in [0.15, 0.2) is 12.2 Å². The largest absolute Gasteiger partial charge is 0.479 e. The van der Waals surface area contributed by atoms with E-state index >= 15 is 0 Å². The topological polar surface area (TPSA) is 175 Å². The van der Waals surface area contributed by atoms with E-state index in [9.17, 15) is 34.5 Å². The van der Waals surface area contributed by atoms with Crippen LogP contribution in [0.1, 0.15) is 342 Å². The molecule has 0 spiro atoms. The zero-order valence-electron chi connectivity index (χ0n) is 51.4. The Morgan fingerprint density at radius 3 is 1.08 bits per heavy atom. The summed E-state index contributed by atoms with van der Waals surface area (Å²) in [5, 5.41) is 31.6. The number of carbonyl (C=O) groups is 4. The Labute approximate surface area is 484 Å². The van der Waals surface area contributed by atoms with Crippen LogP contribution < -0.4 is 0 Å². The van der Waals surface area contributed by atoms with Crippen molar-refractivity contribution >= 4 is 23.9 Å². The van der Waals surface area contributed by atoms with Gasteiger partial charge in [0.25, 0.3) is 0 Å². The van der Waals surface area contributed by atoms with E-state index in [2.05, 4.69) is 32.9 Å². The van der Waals surface area contributed by atoms with E-state index in [0.29, 0.717) is 19.3 Å². The first kappa shape index (κ1) is 74.5. The van der Waals surface area contributed by atoms with Crippen LogP contribution in [0.4, 0.5) is 0 Å². The van der Waals surface area contributed by atoms with Crippen molar-refractivity contribution in [2.75, 3.05) is 13.2 Å². The van der Waals surface area contributed by atoms with Crippen LogP contribution in [0, 0.1) is 0 Å². The minimum atomic E-state index is -1.90. The van der Waals surface area contributed by atoms with Gasteiger partial charge in [0.1, 0.15) is 18.8 Å². The second-order valence-corrected chi connectivity index (χ2v) is 23.5. The number of hydrogen-bond acceptors (Lipinski definition) is 11. The molecule has 3 N–H and O–H groups in total. The number of hydrogen-bond donors (Lipinski definition) is 3. The molecule has 0 aliphatic carbocycles. The highest BCUT2D eigenvalue weighted by Crippen LogP contribution is 2.27. The third-order valence-corrected chi connectivity index (χ3v) is 15.8. The lowest BCUT2D eigenvalue weighted by molar-refractivity contribution is -0.301. The minimum Gasteiger partial charge on any atom is -0.479 e. The number of aliphatic hydroxyl groups is 2. The average molecular weight is 1120 g/mol. The third kappa shape index (κ3) is 45.6. The first-order valence-electron chi connectivity index (χ1n) is 33.7. The predicted octanol–water partition coefficient (Wildman–Crippen LogP) is 18.0. The van der Waals surface area contributed by atoms with Crippen LogP contribution in [0.25, 0.3) is 0 Å². The van der Waals surface area contributed by atoms with E-state index in [1.807, 2.05) is 0 Å². The molecule has 1 rings (SSSR count). The Kier molecular flexibility index (Phi) is 52.8. The normalized spacial score (nSPS) is 17.8. The number of allylic oxidation sites excluding steroid dienone is 2. The molecule has 0 amide bonds. The number of carboxylic acids is 1. The standard InChI is InChI=1S/C67H124O12/c1-4-7-10-13-16-19-22-25-28-30-33-35-38-41-44-47-50-53-59(68)75-56-58(77-60(69)54-51-48-45-42-39-37-34-31-29-26-23-20-17-14-11-8-5-2)57-76-67-65(63(72)62(71)64(79-67)66(73)74)78-61(70)55-52-49-46-43-40-36-32-27-24-21-18-15-12-9-6-3/h25,28,58,62-65,67,71-72H,4-24,26-27,29-57H2,1-3H3,(H,73,74)/b28-25-. The molecule has 1 heterocycles. The number of carbonyl (C=O) groups excluding carboxylic acids is 3. The van der Waals surface area contributed by atoms with Crippen LogP contribution in [-0.4, -0.2) is 89.2 Å². The molecule has 12 heteroatoms. The highest BCUT2D eigenvalue weighted by molar-refractivity contribution is 5.74. The first-order chi connectivity index (χ1) is 38.6. The number of carboxylic acid groups (broad SMARTS) is 1. The minimum absolute atomic E-state index is 0.0689. The molecule has 0 aromatic rings. The number of ether oxygens (including phenoxy) is 5. The van der Waals surface area contributed by atoms with E-state index in [0.717, 1.165) is 64.2 Å². The van der Waals surface area contributed by atoms with Gasteiger partial charge in [-0.3, -0.25) is 14.4 Å². The van der Waals surface area contributed by atoms with Crippen LogP contribution in [0.2, 0.25) is 0 Å². The van der Waals surface area contributed by atoms with Gasteiger partial charge in [0, 0.05) is 19.3 Å². The average Bonchev–Trinajstić information content (AvgIpc) is 3.46. The smallest absolute Gasteiger partial charge is 0.335 e. The Morgan fingerprint density at radius 2 is 0.722 bits per heavy atom. The summed E-state index contributed by atoms with van der Waals surface area (Å²) in [5.74, 6) is -3.07. The van der Waals surface area contributed by atoms with E-state index < -0.39 is 67.3 Å². The lowest BCUT2D eigenvalue weighted by Gasteiger charge is -2.40. The second-order valence-electron chi connectivity index (χ2n) is 23.5. The molecule has 464 valence electrons. The zero-order chi connectivity index (χ0) is 57.5. The summed E-state index contributed by atoms with van der Waals surface area (Å²) in [6, 6.07) is 0. The molecule has 0 bridgehead atoms. The van der Waals surface area contributed by atoms with Crippen molar-refractivity contribution in [3.63, 3.8) is 0 Å². The van der Waals surface area contributed by atoms with E-state index in [1.54, 1.807) is 0 Å². The summed E-state index contributed by atoms with van der Waals surface area (Å²) in [6.07, 6.45) is 51.7. The maximum absolute atomic E-state index is 13.2. The summed E-state index contributed by atoms with van der Waals surface area (Å²) < 4.78 is 28.6. The summed E-state index contributed by atoms with van der Waals surface area (Å²) in [5.41, 5.74) is 0. The molecular weight excluding hydrogens is 997 g/mol. The third-order valence-electron chi connectivity index (χ3n) is 15.8. The molecule has 12 nitrogen and oxygen atoms in total. The summed E-state index contributed by atoms with van der Waals surface area (Å²) >= 11 is 0. The monoisotopic (exact) mass is 1120 g/mol. The van der Waals surface area contributed by atoms with E-state index in [4.69, 9.17) is 23.7 Å². The highest BCUT2D eigenvalue weighted by Gasteiger charge is 2.50. The highest BCUT2D eigenvalue weighted by atomic mass is 16.7. The zero-order valence-corrected chi connectivity index (χ0v) is 51.4. The quantitative estimate of drug-likeness (QED) is 0.0228. The molecule has 0 aromatic heterocycles. The number of unbranched alkanes of at least 4 members (excludes halogenated alkanes) is 43. The van der Waals surface area contributed by atoms with Gasteiger partial charge in [0.2, 0.25) is 0 Å². The van der Waals surface area contributed by atoms with Crippen LogP contribution in [-0.2, 0) is 42.9 Å². The second kappa shape index (κ2) is 56.0. The molecule has 1 aliphatic rings.